The van der Waals surface area contributed by atoms with Crippen molar-refractivity contribution < 1.29 is 0 Å². The molecule has 0 unspecified atom stereocenters. The van der Waals surface area contributed by atoms with Crippen molar-refractivity contribution in [2.75, 3.05) is 14.1 Å². The Labute approximate surface area is 135 Å². The molecule has 2 aromatic rings. The first-order chi connectivity index (χ1) is 10.8. The summed E-state index contributed by atoms with van der Waals surface area (Å²) in [6.07, 6.45) is 9.34. The average Bonchev–Trinajstić information content (AvgIpc) is 3.05. The Kier molecular flexibility index (Phi) is 7.18. The smallest absolute Gasteiger partial charge is 0.0167 e. The number of hydrogen-bond acceptors (Lipinski definition) is 1. The van der Waals surface area contributed by atoms with Crippen molar-refractivity contribution in [3.8, 4) is 0 Å². The molecule has 2 aliphatic carbocycles. The van der Waals surface area contributed by atoms with Crippen LogP contribution in [0, 0.1) is 0 Å². The highest BCUT2D eigenvalue weighted by Crippen LogP contribution is 2.20. The van der Waals surface area contributed by atoms with Gasteiger partial charge in [0, 0.05) is 0 Å². The van der Waals surface area contributed by atoms with Gasteiger partial charge in [0.05, 0.1) is 0 Å². The van der Waals surface area contributed by atoms with Crippen molar-refractivity contribution in [2.45, 2.75) is 44.9 Å². The zero-order chi connectivity index (χ0) is 15.6. The summed E-state index contributed by atoms with van der Waals surface area (Å²) in [5.74, 6) is 0. The molecule has 1 nitrogen and oxygen atoms in total. The summed E-state index contributed by atoms with van der Waals surface area (Å²) in [4.78, 5) is 0. The predicted molar refractivity (Wildman–Crippen MR) is 96.5 cm³/mol. The van der Waals surface area contributed by atoms with Crippen LogP contribution in [0.15, 0.2) is 48.5 Å². The molecule has 1 heteroatoms. The summed E-state index contributed by atoms with van der Waals surface area (Å²) in [5, 5.41) is 2.75. The Morgan fingerprint density at radius 1 is 0.545 bits per heavy atom. The fourth-order valence-corrected chi connectivity index (χ4v) is 3.19. The quantitative estimate of drug-likeness (QED) is 0.750. The Bertz CT molecular complexity index is 511. The van der Waals surface area contributed by atoms with Gasteiger partial charge in [-0.1, -0.05) is 48.5 Å². The normalized spacial score (nSPS) is 14.6. The van der Waals surface area contributed by atoms with E-state index in [1.165, 1.54) is 44.9 Å². The Morgan fingerprint density at radius 2 is 0.818 bits per heavy atom. The van der Waals surface area contributed by atoms with Gasteiger partial charge in [-0.3, -0.25) is 0 Å². The summed E-state index contributed by atoms with van der Waals surface area (Å²) in [7, 11) is 3.75. The second-order valence-corrected chi connectivity index (χ2v) is 6.10. The number of rotatable bonds is 0. The molecule has 4 rings (SSSR count). The second-order valence-electron chi connectivity index (χ2n) is 6.10. The zero-order valence-corrected chi connectivity index (χ0v) is 14.1. The van der Waals surface area contributed by atoms with Crippen LogP contribution in [0.25, 0.3) is 0 Å². The molecule has 0 atom stereocenters. The van der Waals surface area contributed by atoms with Crippen LogP contribution >= 0.6 is 0 Å². The number of fused-ring (bicyclic) bond motifs is 2. The topological polar surface area (TPSA) is 12.0 Å². The van der Waals surface area contributed by atoms with Crippen molar-refractivity contribution in [3.05, 3.63) is 70.8 Å². The van der Waals surface area contributed by atoms with Crippen molar-refractivity contribution >= 4 is 0 Å². The Hall–Kier alpha value is -1.60. The molecular formula is C21H29N. The van der Waals surface area contributed by atoms with Gasteiger partial charge in [-0.25, -0.2) is 0 Å². The van der Waals surface area contributed by atoms with E-state index in [9.17, 15) is 0 Å². The van der Waals surface area contributed by atoms with E-state index in [1.807, 2.05) is 14.1 Å². The fraction of sp³-hybridized carbons (Fsp3) is 0.429. The summed E-state index contributed by atoms with van der Waals surface area (Å²) in [5.41, 5.74) is 6.29. The maximum absolute atomic E-state index is 2.75. The number of aryl methyl sites for hydroxylation is 4. The molecule has 0 fully saturated rings. The van der Waals surface area contributed by atoms with Crippen molar-refractivity contribution in [2.24, 2.45) is 0 Å². The molecule has 0 aliphatic heterocycles. The van der Waals surface area contributed by atoms with Crippen LogP contribution in [0.2, 0.25) is 0 Å². The first kappa shape index (κ1) is 16.8. The molecule has 22 heavy (non-hydrogen) atoms. The molecule has 2 aromatic carbocycles. The molecule has 0 heterocycles. The van der Waals surface area contributed by atoms with E-state index < -0.39 is 0 Å². The van der Waals surface area contributed by atoms with Crippen LogP contribution in [0.3, 0.4) is 0 Å². The maximum Gasteiger partial charge on any atom is -0.0167 e. The summed E-state index contributed by atoms with van der Waals surface area (Å²) in [6, 6.07) is 17.5. The summed E-state index contributed by atoms with van der Waals surface area (Å²) in [6.45, 7) is 0. The van der Waals surface area contributed by atoms with Crippen LogP contribution in [0.5, 0.6) is 0 Å². The highest BCUT2D eigenvalue weighted by molar-refractivity contribution is 5.30. The first-order valence-corrected chi connectivity index (χ1v) is 8.57. The van der Waals surface area contributed by atoms with E-state index in [1.54, 1.807) is 22.3 Å². The van der Waals surface area contributed by atoms with Gasteiger partial charge in [-0.15, -0.1) is 0 Å². The van der Waals surface area contributed by atoms with Gasteiger partial charge in [-0.05, 0) is 81.3 Å². The third-order valence-corrected chi connectivity index (χ3v) is 4.27. The third-order valence-electron chi connectivity index (χ3n) is 4.27. The Balaban J connectivity index is 0.000000137. The van der Waals surface area contributed by atoms with Crippen LogP contribution < -0.4 is 5.32 Å². The summed E-state index contributed by atoms with van der Waals surface area (Å²) < 4.78 is 0. The van der Waals surface area contributed by atoms with Gasteiger partial charge in [0.2, 0.25) is 0 Å². The van der Waals surface area contributed by atoms with Crippen molar-refractivity contribution in [1.29, 1.82) is 0 Å². The second kappa shape index (κ2) is 9.42. The number of hydrogen-bond donors (Lipinski definition) is 1. The largest absolute Gasteiger partial charge is 0.323 e. The minimum atomic E-state index is 1.30. The lowest BCUT2D eigenvalue weighted by Gasteiger charge is -2.13. The van der Waals surface area contributed by atoms with Gasteiger partial charge in [0.15, 0.2) is 0 Å². The molecule has 118 valence electrons. The molecule has 2 aliphatic rings. The van der Waals surface area contributed by atoms with Crippen LogP contribution in [-0.4, -0.2) is 14.1 Å². The van der Waals surface area contributed by atoms with E-state index in [4.69, 9.17) is 0 Å². The van der Waals surface area contributed by atoms with E-state index in [-0.39, 0.29) is 0 Å². The van der Waals surface area contributed by atoms with Crippen LogP contribution in [-0.2, 0) is 25.7 Å². The fourth-order valence-electron chi connectivity index (χ4n) is 3.19. The lowest BCUT2D eigenvalue weighted by atomic mass is 9.92. The maximum atomic E-state index is 2.75. The number of benzene rings is 2. The first-order valence-electron chi connectivity index (χ1n) is 8.57. The molecule has 0 spiro atoms. The average molecular weight is 295 g/mol. The van der Waals surface area contributed by atoms with E-state index >= 15 is 0 Å². The molecule has 0 aromatic heterocycles. The lowest BCUT2D eigenvalue weighted by Crippen LogP contribution is -2.00. The number of nitrogens with one attached hydrogen (secondary N) is 1. The Morgan fingerprint density at radius 3 is 1.14 bits per heavy atom. The van der Waals surface area contributed by atoms with Gasteiger partial charge in [-0.2, -0.15) is 0 Å². The molecule has 0 bridgehead atoms. The standard InChI is InChI=1S/C10H12.C9H10.C2H7N/c1-2-6-10-8-4-3-7-9(10)5-1;1-2-5-9-7-3-6-8(9)4-1;1-3-2/h1-2,5-6H,3-4,7-8H2;1-2,4-5H,3,6-7H2;3H,1-2H3. The van der Waals surface area contributed by atoms with Crippen molar-refractivity contribution in [3.63, 3.8) is 0 Å². The minimum Gasteiger partial charge on any atom is -0.323 e. The van der Waals surface area contributed by atoms with Crippen LogP contribution in [0.1, 0.15) is 41.5 Å². The van der Waals surface area contributed by atoms with Gasteiger partial charge in [0.1, 0.15) is 0 Å². The molecule has 0 amide bonds. The molecule has 0 saturated carbocycles. The minimum absolute atomic E-state index is 1.30. The van der Waals surface area contributed by atoms with Crippen molar-refractivity contribution in [1.82, 2.24) is 5.32 Å². The predicted octanol–water partition coefficient (Wildman–Crippen LogP) is 4.58. The van der Waals surface area contributed by atoms with Gasteiger partial charge in [0.25, 0.3) is 0 Å². The molecule has 0 saturated heterocycles. The zero-order valence-electron chi connectivity index (χ0n) is 14.1. The van der Waals surface area contributed by atoms with Gasteiger partial charge >= 0.3 is 0 Å². The third kappa shape index (κ3) is 4.99. The molecule has 1 N–H and O–H groups in total. The molecule has 0 radical (unpaired) electrons. The summed E-state index contributed by atoms with van der Waals surface area (Å²) >= 11 is 0. The van der Waals surface area contributed by atoms with E-state index in [0.29, 0.717) is 0 Å². The SMILES string of the molecule is CNC.c1ccc2c(c1)CCC2.c1ccc2c(c1)CCCC2. The van der Waals surface area contributed by atoms with Crippen LogP contribution in [0.4, 0.5) is 0 Å². The van der Waals surface area contributed by atoms with E-state index in [2.05, 4.69) is 53.8 Å². The highest BCUT2D eigenvalue weighted by atomic mass is 14.7. The molecular weight excluding hydrogens is 266 g/mol. The monoisotopic (exact) mass is 295 g/mol. The highest BCUT2D eigenvalue weighted by Gasteiger charge is 2.07. The van der Waals surface area contributed by atoms with E-state index in [0.717, 1.165) is 0 Å². The lowest BCUT2D eigenvalue weighted by molar-refractivity contribution is 0.685. The van der Waals surface area contributed by atoms with Gasteiger partial charge < -0.3 is 5.32 Å².